The summed E-state index contributed by atoms with van der Waals surface area (Å²) >= 11 is 6.68. The second-order valence-electron chi connectivity index (χ2n) is 8.70. The van der Waals surface area contributed by atoms with Crippen molar-refractivity contribution in [2.45, 2.75) is 69.7 Å². The van der Waals surface area contributed by atoms with Crippen molar-refractivity contribution >= 4 is 35.1 Å². The highest BCUT2D eigenvalue weighted by molar-refractivity contribution is 6.34. The van der Waals surface area contributed by atoms with Crippen molar-refractivity contribution in [2.75, 3.05) is 18.5 Å². The fourth-order valence-corrected chi connectivity index (χ4v) is 5.03. The van der Waals surface area contributed by atoms with Crippen molar-refractivity contribution in [3.05, 3.63) is 28.8 Å². The Balaban J connectivity index is 1.59. The van der Waals surface area contributed by atoms with Crippen LogP contribution in [0.25, 0.3) is 0 Å². The van der Waals surface area contributed by atoms with Crippen LogP contribution in [0.4, 0.5) is 5.69 Å². The van der Waals surface area contributed by atoms with E-state index in [1.54, 1.807) is 17.0 Å². The molecule has 0 aromatic heterocycles. The number of hydrogen-bond donors (Lipinski definition) is 2. The second-order valence-corrected chi connectivity index (χ2v) is 9.08. The summed E-state index contributed by atoms with van der Waals surface area (Å²) in [6.45, 7) is 5.02. The Kier molecular flexibility index (Phi) is 6.23. The third kappa shape index (κ3) is 4.42. The van der Waals surface area contributed by atoms with Gasteiger partial charge in [0.15, 0.2) is 5.96 Å². The number of nitrogens with one attached hydrogen (secondary N) is 1. The van der Waals surface area contributed by atoms with Crippen LogP contribution in [-0.4, -0.2) is 54.1 Å². The monoisotopic (exact) mass is 448 g/mol. The number of rotatable bonds is 4. The molecule has 9 heteroatoms. The number of guanidine groups is 1. The van der Waals surface area contributed by atoms with Crippen molar-refractivity contribution in [3.63, 3.8) is 0 Å². The molecule has 4 atom stereocenters. The summed E-state index contributed by atoms with van der Waals surface area (Å²) in [5.41, 5.74) is 6.50. The van der Waals surface area contributed by atoms with E-state index in [1.165, 1.54) is 0 Å². The third-order valence-electron chi connectivity index (χ3n) is 6.25. The first-order valence-electron chi connectivity index (χ1n) is 10.8. The number of anilines is 1. The number of carbonyl (C=O) groups is 2. The van der Waals surface area contributed by atoms with E-state index in [2.05, 4.69) is 5.32 Å². The lowest BCUT2D eigenvalue weighted by Crippen LogP contribution is -2.56. The Morgan fingerprint density at radius 3 is 2.81 bits per heavy atom. The number of benzene rings is 1. The number of carbonyl (C=O) groups excluding carboxylic acids is 2. The first kappa shape index (κ1) is 22.0. The van der Waals surface area contributed by atoms with Crippen LogP contribution < -0.4 is 11.1 Å². The largest absolute Gasteiger partial charge is 0.378 e. The molecule has 3 aliphatic rings. The van der Waals surface area contributed by atoms with Crippen LogP contribution in [0.3, 0.4) is 0 Å². The van der Waals surface area contributed by atoms with Gasteiger partial charge in [-0.05, 0) is 45.6 Å². The van der Waals surface area contributed by atoms with E-state index in [-0.39, 0.29) is 36.3 Å². The number of nitrogens with two attached hydrogens (primary N) is 1. The van der Waals surface area contributed by atoms with Gasteiger partial charge in [0.1, 0.15) is 6.10 Å². The van der Waals surface area contributed by atoms with Crippen LogP contribution in [0.2, 0.25) is 5.02 Å². The number of halogens is 1. The highest BCUT2D eigenvalue weighted by atomic mass is 35.5. The predicted molar refractivity (Wildman–Crippen MR) is 118 cm³/mol. The molecule has 2 saturated heterocycles. The summed E-state index contributed by atoms with van der Waals surface area (Å²) in [5, 5.41) is 3.21. The molecule has 31 heavy (non-hydrogen) atoms. The van der Waals surface area contributed by atoms with Gasteiger partial charge in [0, 0.05) is 24.8 Å². The average Bonchev–Trinajstić information content (AvgIpc) is 3.24. The minimum absolute atomic E-state index is 0.0166. The van der Waals surface area contributed by atoms with Gasteiger partial charge in [0.05, 0.1) is 28.8 Å². The maximum Gasteiger partial charge on any atom is 0.253 e. The first-order chi connectivity index (χ1) is 14.8. The normalized spacial score (nSPS) is 31.5. The Morgan fingerprint density at radius 2 is 2.13 bits per heavy atom. The van der Waals surface area contributed by atoms with Crippen LogP contribution in [0.1, 0.15) is 51.5 Å². The highest BCUT2D eigenvalue weighted by Crippen LogP contribution is 2.41. The SMILES string of the molecule is C[C@@H]1C[C@H](N2C(=O)C[C@@](C)(c3cccc(NC(=O)[C@@H]4CCCO4)c3Cl)N=C2N)CCO1. The van der Waals surface area contributed by atoms with Crippen LogP contribution in [0, 0.1) is 0 Å². The summed E-state index contributed by atoms with van der Waals surface area (Å²) in [7, 11) is 0. The number of aliphatic imine (C=N–C) groups is 1. The molecule has 1 aromatic rings. The molecule has 0 unspecified atom stereocenters. The first-order valence-corrected chi connectivity index (χ1v) is 11.2. The Morgan fingerprint density at radius 1 is 1.32 bits per heavy atom. The van der Waals surface area contributed by atoms with Gasteiger partial charge >= 0.3 is 0 Å². The Hall–Kier alpha value is -2.16. The zero-order chi connectivity index (χ0) is 22.2. The molecule has 0 spiro atoms. The molecular formula is C22H29ClN4O4. The van der Waals surface area contributed by atoms with Crippen molar-refractivity contribution < 1.29 is 19.1 Å². The van der Waals surface area contributed by atoms with Crippen LogP contribution >= 0.6 is 11.6 Å². The van der Waals surface area contributed by atoms with Crippen LogP contribution in [0.15, 0.2) is 23.2 Å². The molecule has 4 rings (SSSR count). The van der Waals surface area contributed by atoms with Gasteiger partial charge in [-0.2, -0.15) is 0 Å². The van der Waals surface area contributed by atoms with Gasteiger partial charge < -0.3 is 20.5 Å². The number of amides is 2. The molecular weight excluding hydrogens is 420 g/mol. The predicted octanol–water partition coefficient (Wildman–Crippen LogP) is 2.79. The second kappa shape index (κ2) is 8.76. The zero-order valence-electron chi connectivity index (χ0n) is 17.9. The fourth-order valence-electron chi connectivity index (χ4n) is 4.65. The van der Waals surface area contributed by atoms with E-state index in [0.29, 0.717) is 35.9 Å². The van der Waals surface area contributed by atoms with Crippen molar-refractivity contribution in [3.8, 4) is 0 Å². The summed E-state index contributed by atoms with van der Waals surface area (Å²) in [4.78, 5) is 31.9. The Labute approximate surface area is 187 Å². The van der Waals surface area contributed by atoms with Crippen molar-refractivity contribution in [1.29, 1.82) is 0 Å². The zero-order valence-corrected chi connectivity index (χ0v) is 18.7. The van der Waals surface area contributed by atoms with Gasteiger partial charge in [-0.3, -0.25) is 14.5 Å². The number of nitrogens with zero attached hydrogens (tertiary/aromatic N) is 2. The smallest absolute Gasteiger partial charge is 0.253 e. The lowest BCUT2D eigenvalue weighted by molar-refractivity contribution is -0.133. The van der Waals surface area contributed by atoms with E-state index in [9.17, 15) is 9.59 Å². The molecule has 0 radical (unpaired) electrons. The Bertz CT molecular complexity index is 901. The quantitative estimate of drug-likeness (QED) is 0.736. The molecule has 0 aliphatic carbocycles. The minimum Gasteiger partial charge on any atom is -0.378 e. The van der Waals surface area contributed by atoms with E-state index < -0.39 is 11.6 Å². The summed E-state index contributed by atoms with van der Waals surface area (Å²) < 4.78 is 11.0. The van der Waals surface area contributed by atoms with E-state index in [1.807, 2.05) is 19.9 Å². The molecule has 3 heterocycles. The van der Waals surface area contributed by atoms with E-state index in [4.69, 9.17) is 31.8 Å². The lowest BCUT2D eigenvalue weighted by Gasteiger charge is -2.41. The van der Waals surface area contributed by atoms with E-state index >= 15 is 0 Å². The summed E-state index contributed by atoms with van der Waals surface area (Å²) in [6.07, 6.45) is 2.77. The van der Waals surface area contributed by atoms with Gasteiger partial charge in [0.2, 0.25) is 5.91 Å². The molecule has 8 nitrogen and oxygen atoms in total. The molecule has 168 valence electrons. The van der Waals surface area contributed by atoms with Gasteiger partial charge in [-0.25, -0.2) is 4.99 Å². The molecule has 1 aromatic carbocycles. The third-order valence-corrected chi connectivity index (χ3v) is 6.66. The van der Waals surface area contributed by atoms with Gasteiger partial charge in [-0.15, -0.1) is 0 Å². The highest BCUT2D eigenvalue weighted by Gasteiger charge is 2.42. The van der Waals surface area contributed by atoms with Crippen LogP contribution in [0.5, 0.6) is 0 Å². The lowest BCUT2D eigenvalue weighted by atomic mass is 9.86. The maximum absolute atomic E-state index is 13.1. The standard InChI is InChI=1S/C22H29ClN4O4/c1-13-11-14(8-10-30-13)27-18(28)12-22(2,26-21(27)24)15-5-3-6-16(19(15)23)25-20(29)17-7-4-9-31-17/h3,5-6,13-14,17H,4,7-12H2,1-2H3,(H2,24,26)(H,25,29)/t13-,14-,17+,22+/m1/s1. The molecule has 0 bridgehead atoms. The van der Waals surface area contributed by atoms with Crippen molar-refractivity contribution in [1.82, 2.24) is 4.90 Å². The molecule has 2 amide bonds. The van der Waals surface area contributed by atoms with E-state index in [0.717, 1.165) is 19.3 Å². The molecule has 0 saturated carbocycles. The topological polar surface area (TPSA) is 106 Å². The minimum atomic E-state index is -0.921. The van der Waals surface area contributed by atoms with Gasteiger partial charge in [-0.1, -0.05) is 23.7 Å². The summed E-state index contributed by atoms with van der Waals surface area (Å²) in [5.74, 6) is -0.106. The van der Waals surface area contributed by atoms with Gasteiger partial charge in [0.25, 0.3) is 5.91 Å². The van der Waals surface area contributed by atoms with Crippen molar-refractivity contribution in [2.24, 2.45) is 10.7 Å². The summed E-state index contributed by atoms with van der Waals surface area (Å²) in [6, 6.07) is 5.33. The molecule has 3 aliphatic heterocycles. The number of hydrogen-bond acceptors (Lipinski definition) is 6. The number of ether oxygens (including phenoxy) is 2. The van der Waals surface area contributed by atoms with Crippen LogP contribution in [-0.2, 0) is 24.6 Å². The molecule has 2 fully saturated rings. The average molecular weight is 449 g/mol. The molecule has 3 N–H and O–H groups in total. The fraction of sp³-hybridized carbons (Fsp3) is 0.591. The maximum atomic E-state index is 13.1.